The molecule has 3 rings (SSSR count). The monoisotopic (exact) mass is 319 g/mol. The molecule has 2 saturated carbocycles. The fourth-order valence-corrected chi connectivity index (χ4v) is 5.22. The Morgan fingerprint density at radius 2 is 1.91 bits per heavy atom. The summed E-state index contributed by atoms with van der Waals surface area (Å²) in [5, 5.41) is 13.3. The predicted molar refractivity (Wildman–Crippen MR) is 86.6 cm³/mol. The maximum Gasteiger partial charge on any atom is 0.219 e. The molecule has 2 fully saturated rings. The highest BCUT2D eigenvalue weighted by Gasteiger charge is 2.50. The average Bonchev–Trinajstić information content (AvgIpc) is 3.01. The van der Waals surface area contributed by atoms with Gasteiger partial charge in [0.15, 0.2) is 0 Å². The molecule has 5 atom stereocenters. The number of thioether (sulfide) groups is 1. The van der Waals surface area contributed by atoms with Crippen LogP contribution >= 0.6 is 11.8 Å². The third-order valence-electron chi connectivity index (χ3n) is 4.83. The van der Waals surface area contributed by atoms with Crippen molar-refractivity contribution in [3.63, 3.8) is 0 Å². The van der Waals surface area contributed by atoms with Gasteiger partial charge in [-0.3, -0.25) is 9.59 Å². The molecule has 118 valence electrons. The second-order valence-electron chi connectivity index (χ2n) is 6.25. The van der Waals surface area contributed by atoms with Crippen LogP contribution in [-0.2, 0) is 4.79 Å². The summed E-state index contributed by atoms with van der Waals surface area (Å²) in [6, 6.07) is 9.35. The fraction of sp³-hybridized carbons (Fsp3) is 0.529. The Bertz CT molecular complexity index is 562. The first-order valence-electron chi connectivity index (χ1n) is 7.77. The summed E-state index contributed by atoms with van der Waals surface area (Å²) in [7, 11) is 0. The van der Waals surface area contributed by atoms with Crippen LogP contribution < -0.4 is 5.32 Å². The molecule has 2 aliphatic carbocycles. The van der Waals surface area contributed by atoms with Gasteiger partial charge in [-0.25, -0.2) is 0 Å². The molecule has 0 bridgehead atoms. The summed E-state index contributed by atoms with van der Waals surface area (Å²) >= 11 is 1.26. The van der Waals surface area contributed by atoms with E-state index in [0.717, 1.165) is 12.8 Å². The first-order chi connectivity index (χ1) is 10.6. The van der Waals surface area contributed by atoms with E-state index in [1.807, 2.05) is 30.3 Å². The topological polar surface area (TPSA) is 66.4 Å². The van der Waals surface area contributed by atoms with Gasteiger partial charge in [-0.1, -0.05) is 42.1 Å². The van der Waals surface area contributed by atoms with Crippen LogP contribution in [0.25, 0.3) is 0 Å². The number of benzene rings is 1. The van der Waals surface area contributed by atoms with Crippen LogP contribution in [0.3, 0.4) is 0 Å². The van der Waals surface area contributed by atoms with Gasteiger partial charge in [-0.2, -0.15) is 0 Å². The van der Waals surface area contributed by atoms with Crippen molar-refractivity contribution < 1.29 is 14.7 Å². The second kappa shape index (κ2) is 6.42. The molecule has 0 aliphatic heterocycles. The summed E-state index contributed by atoms with van der Waals surface area (Å²) in [5.41, 5.74) is 0.680. The van der Waals surface area contributed by atoms with Crippen LogP contribution in [0.15, 0.2) is 30.3 Å². The van der Waals surface area contributed by atoms with E-state index in [-0.39, 0.29) is 22.3 Å². The number of hydrogen-bond acceptors (Lipinski definition) is 4. The Labute approximate surface area is 134 Å². The Kier molecular flexibility index (Phi) is 4.54. The van der Waals surface area contributed by atoms with Gasteiger partial charge in [-0.05, 0) is 31.1 Å². The summed E-state index contributed by atoms with van der Waals surface area (Å²) < 4.78 is 0. The van der Waals surface area contributed by atoms with Crippen molar-refractivity contribution in [3.05, 3.63) is 35.9 Å². The van der Waals surface area contributed by atoms with Crippen molar-refractivity contribution in [3.8, 4) is 0 Å². The molecule has 2 aliphatic rings. The number of aliphatic hydroxyl groups excluding tert-OH is 1. The normalized spacial score (nSPS) is 33.5. The maximum atomic E-state index is 12.4. The van der Waals surface area contributed by atoms with Crippen LogP contribution in [-0.4, -0.2) is 33.5 Å². The van der Waals surface area contributed by atoms with E-state index in [0.29, 0.717) is 23.8 Å². The zero-order valence-corrected chi connectivity index (χ0v) is 13.4. The molecule has 0 spiro atoms. The zero-order chi connectivity index (χ0) is 15.7. The Balaban J connectivity index is 1.68. The lowest BCUT2D eigenvalue weighted by Gasteiger charge is -2.20. The number of amides is 1. The largest absolute Gasteiger partial charge is 0.392 e. The standard InChI is InChI=1S/C17H21NO3S/c1-10(19)18-14-8-7-12-13(14)9-15(20)16(12)22-17(21)11-5-3-2-4-6-11/h2-6,12-16,20H,7-9H2,1H3,(H,18,19). The van der Waals surface area contributed by atoms with Crippen molar-refractivity contribution in [1.82, 2.24) is 5.32 Å². The number of carbonyl (C=O) groups excluding carboxylic acids is 2. The van der Waals surface area contributed by atoms with E-state index in [1.165, 1.54) is 18.7 Å². The van der Waals surface area contributed by atoms with Gasteiger partial charge in [0.05, 0.1) is 6.10 Å². The van der Waals surface area contributed by atoms with Gasteiger partial charge in [0.1, 0.15) is 0 Å². The molecule has 1 aromatic rings. The van der Waals surface area contributed by atoms with E-state index in [9.17, 15) is 14.7 Å². The molecule has 0 radical (unpaired) electrons. The minimum Gasteiger partial charge on any atom is -0.392 e. The first-order valence-corrected chi connectivity index (χ1v) is 8.65. The van der Waals surface area contributed by atoms with E-state index in [1.54, 1.807) is 0 Å². The highest BCUT2D eigenvalue weighted by atomic mass is 32.2. The average molecular weight is 319 g/mol. The van der Waals surface area contributed by atoms with Crippen LogP contribution in [0.5, 0.6) is 0 Å². The fourth-order valence-electron chi connectivity index (χ4n) is 3.92. The van der Waals surface area contributed by atoms with Gasteiger partial charge >= 0.3 is 0 Å². The van der Waals surface area contributed by atoms with Gasteiger partial charge in [0, 0.05) is 23.8 Å². The molecular formula is C17H21NO3S. The SMILES string of the molecule is CC(=O)NC1CCC2C1CC(O)C2SC(=O)c1ccccc1. The number of aliphatic hydroxyl groups is 1. The van der Waals surface area contributed by atoms with E-state index < -0.39 is 6.10 Å². The molecule has 0 aromatic heterocycles. The number of carbonyl (C=O) groups is 2. The van der Waals surface area contributed by atoms with Gasteiger partial charge in [0.2, 0.25) is 11.0 Å². The van der Waals surface area contributed by atoms with Crippen LogP contribution in [0.2, 0.25) is 0 Å². The molecule has 0 heterocycles. The molecule has 2 N–H and O–H groups in total. The van der Waals surface area contributed by atoms with Gasteiger partial charge in [-0.15, -0.1) is 0 Å². The van der Waals surface area contributed by atoms with Crippen molar-refractivity contribution in [2.24, 2.45) is 11.8 Å². The molecule has 1 amide bonds. The molecule has 0 saturated heterocycles. The third-order valence-corrected chi connectivity index (χ3v) is 6.22. The third kappa shape index (κ3) is 3.06. The van der Waals surface area contributed by atoms with Crippen molar-refractivity contribution >= 4 is 22.8 Å². The number of fused-ring (bicyclic) bond motifs is 1. The number of rotatable bonds is 3. The minimum absolute atomic E-state index is 0.0170. The Hall–Kier alpha value is -1.33. The molecule has 5 unspecified atom stereocenters. The van der Waals surface area contributed by atoms with Crippen molar-refractivity contribution in [2.75, 3.05) is 0 Å². The molecule has 1 aromatic carbocycles. The summed E-state index contributed by atoms with van der Waals surface area (Å²) in [4.78, 5) is 23.7. The smallest absolute Gasteiger partial charge is 0.219 e. The van der Waals surface area contributed by atoms with Crippen molar-refractivity contribution in [2.45, 2.75) is 43.6 Å². The number of nitrogens with one attached hydrogen (secondary N) is 1. The van der Waals surface area contributed by atoms with Crippen LogP contribution in [0.1, 0.15) is 36.5 Å². The Morgan fingerprint density at radius 1 is 1.18 bits per heavy atom. The van der Waals surface area contributed by atoms with Gasteiger partial charge in [0.25, 0.3) is 0 Å². The van der Waals surface area contributed by atoms with Crippen LogP contribution in [0, 0.1) is 11.8 Å². The summed E-state index contributed by atoms with van der Waals surface area (Å²) in [6.45, 7) is 1.53. The maximum absolute atomic E-state index is 12.4. The zero-order valence-electron chi connectivity index (χ0n) is 12.6. The number of hydrogen-bond donors (Lipinski definition) is 2. The van der Waals surface area contributed by atoms with Gasteiger partial charge < -0.3 is 10.4 Å². The highest BCUT2D eigenvalue weighted by molar-refractivity contribution is 8.14. The molecule has 5 heteroatoms. The lowest BCUT2D eigenvalue weighted by molar-refractivity contribution is -0.119. The quantitative estimate of drug-likeness (QED) is 0.896. The first kappa shape index (κ1) is 15.6. The molecule has 4 nitrogen and oxygen atoms in total. The van der Waals surface area contributed by atoms with E-state index >= 15 is 0 Å². The lowest BCUT2D eigenvalue weighted by atomic mass is 9.97. The molecular weight excluding hydrogens is 298 g/mol. The predicted octanol–water partition coefficient (Wildman–Crippen LogP) is 2.22. The van der Waals surface area contributed by atoms with Crippen LogP contribution in [0.4, 0.5) is 0 Å². The van der Waals surface area contributed by atoms with Crippen molar-refractivity contribution in [1.29, 1.82) is 0 Å². The highest BCUT2D eigenvalue weighted by Crippen LogP contribution is 2.49. The second-order valence-corrected chi connectivity index (χ2v) is 7.40. The van der Waals surface area contributed by atoms with E-state index in [4.69, 9.17) is 0 Å². The molecule has 22 heavy (non-hydrogen) atoms. The minimum atomic E-state index is -0.468. The lowest BCUT2D eigenvalue weighted by Crippen LogP contribution is -2.36. The summed E-state index contributed by atoms with van der Waals surface area (Å²) in [6.07, 6.45) is 2.11. The van der Waals surface area contributed by atoms with E-state index in [2.05, 4.69) is 5.32 Å². The summed E-state index contributed by atoms with van der Waals surface area (Å²) in [5.74, 6) is 0.584. The Morgan fingerprint density at radius 3 is 2.59 bits per heavy atom.